The Hall–Kier alpha value is -1.36. The second kappa shape index (κ2) is 3.06. The van der Waals surface area contributed by atoms with Crippen molar-refractivity contribution in [3.8, 4) is 11.4 Å². The smallest absolute Gasteiger partial charge is 0.184 e. The van der Waals surface area contributed by atoms with E-state index in [0.717, 1.165) is 22.2 Å². The van der Waals surface area contributed by atoms with Crippen molar-refractivity contribution in [1.29, 1.82) is 0 Å². The number of H-pyrrole nitrogens is 1. The molecule has 0 amide bonds. The Morgan fingerprint density at radius 3 is 2.93 bits per heavy atom. The molecule has 2 heterocycles. The molecule has 0 bridgehead atoms. The summed E-state index contributed by atoms with van der Waals surface area (Å²) in [5.74, 6) is 2.35. The third-order valence-electron chi connectivity index (χ3n) is 2.59. The summed E-state index contributed by atoms with van der Waals surface area (Å²) >= 11 is 1.58. The molecule has 1 aliphatic carbocycles. The van der Waals surface area contributed by atoms with Crippen LogP contribution in [0.15, 0.2) is 6.07 Å². The Bertz CT molecular complexity index is 495. The average molecular weight is 220 g/mol. The van der Waals surface area contributed by atoms with Crippen LogP contribution in [0.1, 0.15) is 29.5 Å². The molecule has 78 valence electrons. The van der Waals surface area contributed by atoms with Crippen molar-refractivity contribution in [2.45, 2.75) is 25.7 Å². The van der Waals surface area contributed by atoms with Gasteiger partial charge in [-0.15, -0.1) is 11.3 Å². The van der Waals surface area contributed by atoms with E-state index in [1.54, 1.807) is 11.3 Å². The number of aromatic nitrogens is 3. The van der Waals surface area contributed by atoms with E-state index >= 15 is 0 Å². The summed E-state index contributed by atoms with van der Waals surface area (Å²) in [4.78, 5) is 5.67. The highest BCUT2D eigenvalue weighted by Crippen LogP contribution is 2.39. The van der Waals surface area contributed by atoms with Gasteiger partial charge in [-0.25, -0.2) is 4.98 Å². The molecule has 15 heavy (non-hydrogen) atoms. The van der Waals surface area contributed by atoms with E-state index in [9.17, 15) is 0 Å². The molecule has 3 N–H and O–H groups in total. The van der Waals surface area contributed by atoms with Crippen LogP contribution in [0.2, 0.25) is 0 Å². The number of aromatic amines is 1. The molecule has 4 nitrogen and oxygen atoms in total. The maximum Gasteiger partial charge on any atom is 0.184 e. The first-order chi connectivity index (χ1) is 7.24. The van der Waals surface area contributed by atoms with Gasteiger partial charge in [-0.1, -0.05) is 0 Å². The van der Waals surface area contributed by atoms with Crippen LogP contribution in [-0.2, 0) is 0 Å². The van der Waals surface area contributed by atoms with Gasteiger partial charge in [0.25, 0.3) is 0 Å². The van der Waals surface area contributed by atoms with Gasteiger partial charge in [-0.2, -0.15) is 5.10 Å². The molecular formula is C10H12N4S. The number of anilines is 1. The zero-order chi connectivity index (χ0) is 10.4. The van der Waals surface area contributed by atoms with Crippen LogP contribution in [0.25, 0.3) is 11.4 Å². The van der Waals surface area contributed by atoms with Gasteiger partial charge in [0.2, 0.25) is 0 Å². The van der Waals surface area contributed by atoms with Crippen molar-refractivity contribution in [3.05, 3.63) is 16.8 Å². The van der Waals surface area contributed by atoms with Crippen molar-refractivity contribution >= 4 is 16.3 Å². The van der Waals surface area contributed by atoms with E-state index in [4.69, 9.17) is 5.73 Å². The molecular weight excluding hydrogens is 208 g/mol. The van der Waals surface area contributed by atoms with Crippen molar-refractivity contribution < 1.29 is 0 Å². The Kier molecular flexibility index (Phi) is 1.82. The number of hydrogen-bond donors (Lipinski definition) is 2. The number of rotatable bonds is 2. The van der Waals surface area contributed by atoms with E-state index < -0.39 is 0 Å². The Morgan fingerprint density at radius 2 is 2.33 bits per heavy atom. The fourth-order valence-corrected chi connectivity index (χ4v) is 2.42. The van der Waals surface area contributed by atoms with Crippen LogP contribution in [0, 0.1) is 6.92 Å². The molecule has 1 aliphatic rings. The predicted octanol–water partition coefficient (Wildman–Crippen LogP) is 2.30. The molecule has 1 saturated carbocycles. The lowest BCUT2D eigenvalue weighted by molar-refractivity contribution is 0.935. The second-order valence-electron chi connectivity index (χ2n) is 3.95. The van der Waals surface area contributed by atoms with E-state index in [-0.39, 0.29) is 0 Å². The van der Waals surface area contributed by atoms with Gasteiger partial charge in [0.05, 0.1) is 10.6 Å². The summed E-state index contributed by atoms with van der Waals surface area (Å²) in [6, 6.07) is 2.04. The molecule has 3 rings (SSSR count). The van der Waals surface area contributed by atoms with Gasteiger partial charge in [0, 0.05) is 10.8 Å². The third kappa shape index (κ3) is 1.52. The van der Waals surface area contributed by atoms with Gasteiger partial charge in [0.15, 0.2) is 5.82 Å². The molecule has 0 spiro atoms. The molecule has 5 heteroatoms. The molecule has 2 aromatic rings. The molecule has 0 atom stereocenters. The van der Waals surface area contributed by atoms with Crippen LogP contribution < -0.4 is 5.73 Å². The van der Waals surface area contributed by atoms with E-state index in [0.29, 0.717) is 5.92 Å². The zero-order valence-electron chi connectivity index (χ0n) is 8.45. The van der Waals surface area contributed by atoms with Crippen LogP contribution in [0.4, 0.5) is 5.00 Å². The molecule has 0 radical (unpaired) electrons. The fraction of sp³-hybridized carbons (Fsp3) is 0.400. The van der Waals surface area contributed by atoms with Gasteiger partial charge in [-0.3, -0.25) is 5.10 Å². The van der Waals surface area contributed by atoms with Gasteiger partial charge < -0.3 is 5.73 Å². The third-order valence-corrected chi connectivity index (χ3v) is 3.47. The minimum absolute atomic E-state index is 0.604. The Balaban J connectivity index is 2.00. The van der Waals surface area contributed by atoms with Gasteiger partial charge in [-0.05, 0) is 25.8 Å². The zero-order valence-corrected chi connectivity index (χ0v) is 9.27. The summed E-state index contributed by atoms with van der Waals surface area (Å²) in [6.45, 7) is 2.04. The maximum atomic E-state index is 5.90. The molecule has 2 aromatic heterocycles. The maximum absolute atomic E-state index is 5.90. The number of nitrogens with two attached hydrogens (primary N) is 1. The molecule has 0 unspecified atom stereocenters. The normalized spacial score (nSPS) is 15.8. The average Bonchev–Trinajstić information content (AvgIpc) is 2.83. The first-order valence-corrected chi connectivity index (χ1v) is 5.84. The highest BCUT2D eigenvalue weighted by molar-refractivity contribution is 7.16. The number of thiophene rings is 1. The number of nitrogens with one attached hydrogen (secondary N) is 1. The van der Waals surface area contributed by atoms with Crippen molar-refractivity contribution in [2.75, 3.05) is 5.73 Å². The minimum atomic E-state index is 0.604. The first-order valence-electron chi connectivity index (χ1n) is 5.02. The van der Waals surface area contributed by atoms with Crippen LogP contribution in [-0.4, -0.2) is 15.2 Å². The van der Waals surface area contributed by atoms with Crippen molar-refractivity contribution in [1.82, 2.24) is 15.2 Å². The lowest BCUT2D eigenvalue weighted by Gasteiger charge is -1.90. The van der Waals surface area contributed by atoms with Crippen LogP contribution >= 0.6 is 11.3 Å². The predicted molar refractivity (Wildman–Crippen MR) is 60.8 cm³/mol. The second-order valence-corrected chi connectivity index (χ2v) is 5.24. The minimum Gasteiger partial charge on any atom is -0.390 e. The summed E-state index contributed by atoms with van der Waals surface area (Å²) in [5, 5.41) is 8.00. The van der Waals surface area contributed by atoms with Gasteiger partial charge in [0.1, 0.15) is 5.82 Å². The summed E-state index contributed by atoms with van der Waals surface area (Å²) < 4.78 is 0. The topological polar surface area (TPSA) is 67.6 Å². The molecule has 0 aliphatic heterocycles. The standard InChI is InChI=1S/C10H12N4S/c1-5-4-7(8(11)15-5)10-12-9(13-14-10)6-2-3-6/h4,6H,2-3,11H2,1H3,(H,12,13,14). The van der Waals surface area contributed by atoms with Crippen LogP contribution in [0.5, 0.6) is 0 Å². The monoisotopic (exact) mass is 220 g/mol. The largest absolute Gasteiger partial charge is 0.390 e. The molecule has 1 fully saturated rings. The van der Waals surface area contributed by atoms with Crippen LogP contribution in [0.3, 0.4) is 0 Å². The summed E-state index contributed by atoms with van der Waals surface area (Å²) in [6.07, 6.45) is 2.46. The number of aryl methyl sites for hydroxylation is 1. The van der Waals surface area contributed by atoms with Crippen molar-refractivity contribution in [2.24, 2.45) is 0 Å². The number of nitrogens with zero attached hydrogens (tertiary/aromatic N) is 2. The summed E-state index contributed by atoms with van der Waals surface area (Å²) in [7, 11) is 0. The first kappa shape index (κ1) is 8.91. The Morgan fingerprint density at radius 1 is 1.53 bits per heavy atom. The number of nitrogen functional groups attached to an aromatic ring is 1. The Labute approximate surface area is 91.5 Å². The highest BCUT2D eigenvalue weighted by atomic mass is 32.1. The SMILES string of the molecule is Cc1cc(-c2n[nH]c(C3CC3)n2)c(N)s1. The molecule has 0 saturated heterocycles. The van der Waals surface area contributed by atoms with Gasteiger partial charge >= 0.3 is 0 Å². The summed E-state index contributed by atoms with van der Waals surface area (Å²) in [5.41, 5.74) is 6.86. The van der Waals surface area contributed by atoms with E-state index in [1.807, 2.05) is 13.0 Å². The molecule has 0 aromatic carbocycles. The van der Waals surface area contributed by atoms with E-state index in [2.05, 4.69) is 15.2 Å². The lowest BCUT2D eigenvalue weighted by atomic mass is 10.3. The van der Waals surface area contributed by atoms with Crippen molar-refractivity contribution in [3.63, 3.8) is 0 Å². The quantitative estimate of drug-likeness (QED) is 0.816. The lowest BCUT2D eigenvalue weighted by Crippen LogP contribution is -1.85. The fourth-order valence-electron chi connectivity index (χ4n) is 1.64. The number of hydrogen-bond acceptors (Lipinski definition) is 4. The highest BCUT2D eigenvalue weighted by Gasteiger charge is 2.27. The van der Waals surface area contributed by atoms with E-state index in [1.165, 1.54) is 17.7 Å².